The summed E-state index contributed by atoms with van der Waals surface area (Å²) in [6, 6.07) is 0. The number of aliphatic hydroxyl groups is 1. The first-order valence-electron chi connectivity index (χ1n) is 4.52. The number of hydrogen-bond donors (Lipinski definition) is 2. The van der Waals surface area contributed by atoms with Crippen molar-refractivity contribution in [3.63, 3.8) is 0 Å². The molecule has 17 heavy (non-hydrogen) atoms. The highest BCUT2D eigenvalue weighted by Gasteiger charge is 2.23. The predicted molar refractivity (Wildman–Crippen MR) is 63.0 cm³/mol. The SMILES string of the molecule is C=CSc1c(F)c(F)c(Cl)c(F)c1NCCO. The van der Waals surface area contributed by atoms with Crippen molar-refractivity contribution >= 4 is 29.1 Å². The second-order valence-corrected chi connectivity index (χ2v) is 4.25. The van der Waals surface area contributed by atoms with Gasteiger partial charge in [0.1, 0.15) is 5.02 Å². The highest BCUT2D eigenvalue weighted by Crippen LogP contribution is 2.38. The molecule has 0 saturated carbocycles. The van der Waals surface area contributed by atoms with Gasteiger partial charge in [-0.2, -0.15) is 0 Å². The van der Waals surface area contributed by atoms with Gasteiger partial charge in [-0.05, 0) is 5.41 Å². The van der Waals surface area contributed by atoms with Crippen LogP contribution in [0.2, 0.25) is 5.02 Å². The summed E-state index contributed by atoms with van der Waals surface area (Å²) in [5.41, 5.74) is -0.284. The fourth-order valence-electron chi connectivity index (χ4n) is 1.14. The number of halogens is 4. The van der Waals surface area contributed by atoms with Crippen LogP contribution >= 0.6 is 23.4 Å². The van der Waals surface area contributed by atoms with Gasteiger partial charge in [-0.15, -0.1) is 0 Å². The van der Waals surface area contributed by atoms with E-state index in [1.807, 2.05) is 0 Å². The molecule has 2 nitrogen and oxygen atoms in total. The average molecular weight is 284 g/mol. The Balaban J connectivity index is 3.36. The van der Waals surface area contributed by atoms with E-state index in [0.717, 1.165) is 11.8 Å². The van der Waals surface area contributed by atoms with E-state index in [-0.39, 0.29) is 23.7 Å². The maximum absolute atomic E-state index is 13.6. The monoisotopic (exact) mass is 283 g/mol. The minimum Gasteiger partial charge on any atom is -0.395 e. The molecule has 0 aliphatic heterocycles. The van der Waals surface area contributed by atoms with Crippen molar-refractivity contribution in [2.75, 3.05) is 18.5 Å². The van der Waals surface area contributed by atoms with Crippen LogP contribution in [0.5, 0.6) is 0 Å². The minimum absolute atomic E-state index is 0.0109. The first-order valence-corrected chi connectivity index (χ1v) is 5.78. The van der Waals surface area contributed by atoms with E-state index in [2.05, 4.69) is 11.9 Å². The Morgan fingerprint density at radius 1 is 1.29 bits per heavy atom. The minimum atomic E-state index is -1.44. The van der Waals surface area contributed by atoms with Gasteiger partial charge >= 0.3 is 0 Å². The van der Waals surface area contributed by atoms with Gasteiger partial charge in [0.2, 0.25) is 0 Å². The summed E-state index contributed by atoms with van der Waals surface area (Å²) in [6.07, 6.45) is 0. The first kappa shape index (κ1) is 14.2. The van der Waals surface area contributed by atoms with Crippen molar-refractivity contribution in [2.45, 2.75) is 4.90 Å². The van der Waals surface area contributed by atoms with Crippen LogP contribution in [0.3, 0.4) is 0 Å². The lowest BCUT2D eigenvalue weighted by Crippen LogP contribution is -2.10. The van der Waals surface area contributed by atoms with Crippen LogP contribution in [0.25, 0.3) is 0 Å². The fraction of sp³-hybridized carbons (Fsp3) is 0.200. The molecule has 0 radical (unpaired) electrons. The molecule has 0 spiro atoms. The zero-order valence-electron chi connectivity index (χ0n) is 8.57. The van der Waals surface area contributed by atoms with Crippen LogP contribution in [0.1, 0.15) is 0 Å². The van der Waals surface area contributed by atoms with Crippen LogP contribution in [0.15, 0.2) is 16.9 Å². The van der Waals surface area contributed by atoms with Crippen molar-refractivity contribution in [1.82, 2.24) is 0 Å². The fourth-order valence-corrected chi connectivity index (χ4v) is 1.96. The third-order valence-corrected chi connectivity index (χ3v) is 2.96. The number of thioether (sulfide) groups is 1. The lowest BCUT2D eigenvalue weighted by atomic mass is 10.2. The summed E-state index contributed by atoms with van der Waals surface area (Å²) < 4.78 is 40.3. The molecule has 0 aliphatic rings. The number of nitrogens with one attached hydrogen (secondary N) is 1. The van der Waals surface area contributed by atoms with E-state index in [0.29, 0.717) is 0 Å². The van der Waals surface area contributed by atoms with Crippen LogP contribution in [-0.2, 0) is 0 Å². The van der Waals surface area contributed by atoms with Gasteiger partial charge in [-0.25, -0.2) is 13.2 Å². The summed E-state index contributed by atoms with van der Waals surface area (Å²) in [5.74, 6) is -3.78. The van der Waals surface area contributed by atoms with Gasteiger partial charge in [-0.1, -0.05) is 29.9 Å². The summed E-state index contributed by atoms with van der Waals surface area (Å²) in [7, 11) is 0. The van der Waals surface area contributed by atoms with Crippen molar-refractivity contribution in [3.05, 3.63) is 34.5 Å². The van der Waals surface area contributed by atoms with Crippen molar-refractivity contribution in [2.24, 2.45) is 0 Å². The molecule has 0 saturated heterocycles. The topological polar surface area (TPSA) is 32.3 Å². The number of rotatable bonds is 5. The molecule has 0 aliphatic carbocycles. The summed E-state index contributed by atoms with van der Waals surface area (Å²) >= 11 is 6.03. The number of aliphatic hydroxyl groups excluding tert-OH is 1. The second-order valence-electron chi connectivity index (χ2n) is 2.89. The smallest absolute Gasteiger partial charge is 0.181 e. The molecule has 0 bridgehead atoms. The Labute approximate surface area is 105 Å². The van der Waals surface area contributed by atoms with Crippen LogP contribution < -0.4 is 5.32 Å². The van der Waals surface area contributed by atoms with Gasteiger partial charge in [0, 0.05) is 6.54 Å². The van der Waals surface area contributed by atoms with Crippen LogP contribution in [0.4, 0.5) is 18.9 Å². The van der Waals surface area contributed by atoms with Gasteiger partial charge in [-0.3, -0.25) is 0 Å². The third-order valence-electron chi connectivity index (χ3n) is 1.84. The predicted octanol–water partition coefficient (Wildman–Crippen LogP) is 3.40. The maximum atomic E-state index is 13.6. The van der Waals surface area contributed by atoms with E-state index in [1.165, 1.54) is 5.41 Å². The summed E-state index contributed by atoms with van der Waals surface area (Å²) in [6.45, 7) is 3.05. The lowest BCUT2D eigenvalue weighted by Gasteiger charge is -2.13. The molecular weight excluding hydrogens is 275 g/mol. The Kier molecular flexibility index (Phi) is 5.17. The molecule has 1 aromatic rings. The first-order chi connectivity index (χ1) is 8.04. The molecule has 0 fully saturated rings. The van der Waals surface area contributed by atoms with Crippen molar-refractivity contribution < 1.29 is 18.3 Å². The van der Waals surface area contributed by atoms with Gasteiger partial charge < -0.3 is 10.4 Å². The van der Waals surface area contributed by atoms with Gasteiger partial charge in [0.05, 0.1) is 17.2 Å². The quantitative estimate of drug-likeness (QED) is 0.493. The zero-order valence-corrected chi connectivity index (χ0v) is 10.1. The van der Waals surface area contributed by atoms with Gasteiger partial charge in [0.15, 0.2) is 17.5 Å². The standard InChI is InChI=1S/C10H9ClF3NOS/c1-2-17-10-8(14)6(12)5(11)7(13)9(10)15-3-4-16/h2,15-16H,1,3-4H2. The zero-order chi connectivity index (χ0) is 13.0. The molecule has 0 aromatic heterocycles. The van der Waals surface area contributed by atoms with Crippen molar-refractivity contribution in [1.29, 1.82) is 0 Å². The van der Waals surface area contributed by atoms with E-state index in [4.69, 9.17) is 16.7 Å². The normalized spacial score (nSPS) is 10.4. The molecule has 7 heteroatoms. The molecule has 1 rings (SSSR count). The summed E-state index contributed by atoms with van der Waals surface area (Å²) in [4.78, 5) is -0.284. The van der Waals surface area contributed by atoms with E-state index in [9.17, 15) is 13.2 Å². The number of hydrogen-bond acceptors (Lipinski definition) is 3. The third kappa shape index (κ3) is 2.88. The molecule has 0 unspecified atom stereocenters. The average Bonchev–Trinajstić information content (AvgIpc) is 2.33. The molecule has 1 aromatic carbocycles. The van der Waals surface area contributed by atoms with E-state index < -0.39 is 22.5 Å². The molecule has 0 amide bonds. The molecule has 2 N–H and O–H groups in total. The Morgan fingerprint density at radius 3 is 2.47 bits per heavy atom. The molecule has 94 valence electrons. The molecule has 0 heterocycles. The lowest BCUT2D eigenvalue weighted by molar-refractivity contribution is 0.310. The largest absolute Gasteiger partial charge is 0.395 e. The maximum Gasteiger partial charge on any atom is 0.181 e. The summed E-state index contributed by atoms with van der Waals surface area (Å²) in [5, 5.41) is 11.4. The van der Waals surface area contributed by atoms with Crippen LogP contribution in [-0.4, -0.2) is 18.3 Å². The Hall–Kier alpha value is -0.850. The molecule has 0 atom stereocenters. The van der Waals surface area contributed by atoms with E-state index in [1.54, 1.807) is 0 Å². The highest BCUT2D eigenvalue weighted by molar-refractivity contribution is 8.02. The van der Waals surface area contributed by atoms with E-state index >= 15 is 0 Å². The highest BCUT2D eigenvalue weighted by atomic mass is 35.5. The Morgan fingerprint density at radius 2 is 1.94 bits per heavy atom. The van der Waals surface area contributed by atoms with Crippen molar-refractivity contribution in [3.8, 4) is 0 Å². The number of benzene rings is 1. The van der Waals surface area contributed by atoms with Crippen LogP contribution in [0, 0.1) is 17.5 Å². The van der Waals surface area contributed by atoms with Gasteiger partial charge in [0.25, 0.3) is 0 Å². The number of anilines is 1. The Bertz CT molecular complexity index is 442. The second kappa shape index (κ2) is 6.18. The molecular formula is C10H9ClF3NOS.